The van der Waals surface area contributed by atoms with Gasteiger partial charge in [-0.1, -0.05) is 41.0 Å². The molecule has 0 aliphatic heterocycles. The van der Waals surface area contributed by atoms with Crippen molar-refractivity contribution in [1.29, 1.82) is 0 Å². The lowest BCUT2D eigenvalue weighted by Gasteiger charge is -2.52. The molecule has 0 spiro atoms. The van der Waals surface area contributed by atoms with Gasteiger partial charge in [0.25, 0.3) is 0 Å². The second-order valence-electron chi connectivity index (χ2n) is 5.92. The van der Waals surface area contributed by atoms with Gasteiger partial charge in [0, 0.05) is 6.42 Å². The third kappa shape index (κ3) is 3.98. The van der Waals surface area contributed by atoms with Crippen molar-refractivity contribution < 1.29 is 4.48 Å². The van der Waals surface area contributed by atoms with Crippen molar-refractivity contribution in [1.82, 2.24) is 0 Å². The summed E-state index contributed by atoms with van der Waals surface area (Å²) >= 11 is 0. The molecule has 0 heterocycles. The predicted molar refractivity (Wildman–Crippen MR) is 79.3 cm³/mol. The van der Waals surface area contributed by atoms with Gasteiger partial charge in [-0.2, -0.15) is 0 Å². The molecule has 0 saturated heterocycles. The maximum Gasteiger partial charge on any atom is 0.0961 e. The quantitative estimate of drug-likeness (QED) is 0.473. The largest absolute Gasteiger partial charge is 0.319 e. The molecule has 1 heteroatoms. The second-order valence-corrected chi connectivity index (χ2v) is 5.92. The van der Waals surface area contributed by atoms with Gasteiger partial charge in [0.15, 0.2) is 0 Å². The van der Waals surface area contributed by atoms with Gasteiger partial charge in [-0.3, -0.25) is 0 Å². The van der Waals surface area contributed by atoms with Crippen molar-refractivity contribution in [3.05, 3.63) is 0 Å². The lowest BCUT2D eigenvalue weighted by atomic mass is 9.86. The number of rotatable bonds is 10. The van der Waals surface area contributed by atoms with Gasteiger partial charge in [-0.15, -0.1) is 0 Å². The summed E-state index contributed by atoms with van der Waals surface area (Å²) in [5, 5.41) is 0. The second kappa shape index (κ2) is 8.13. The molecule has 0 bridgehead atoms. The predicted octanol–water partition coefficient (Wildman–Crippen LogP) is 5.00. The Morgan fingerprint density at radius 1 is 0.706 bits per heavy atom. The van der Waals surface area contributed by atoms with E-state index in [4.69, 9.17) is 0 Å². The Kier molecular flexibility index (Phi) is 8.11. The van der Waals surface area contributed by atoms with Crippen LogP contribution in [0.2, 0.25) is 0 Å². The highest BCUT2D eigenvalue weighted by Crippen LogP contribution is 2.34. The molecule has 1 unspecified atom stereocenters. The van der Waals surface area contributed by atoms with Crippen LogP contribution >= 0.6 is 0 Å². The summed E-state index contributed by atoms with van der Waals surface area (Å²) in [6.45, 7) is 18.4. The van der Waals surface area contributed by atoms with E-state index in [0.29, 0.717) is 5.54 Å². The fourth-order valence-electron chi connectivity index (χ4n) is 3.72. The molecule has 0 aromatic heterocycles. The van der Waals surface area contributed by atoms with Crippen LogP contribution in [0.5, 0.6) is 0 Å². The first kappa shape index (κ1) is 17.0. The van der Waals surface area contributed by atoms with E-state index in [1.54, 1.807) is 0 Å². The fraction of sp³-hybridized carbons (Fsp3) is 1.00. The Balaban J connectivity index is 5.17. The maximum atomic E-state index is 2.54. The molecule has 0 aliphatic carbocycles. The molecule has 0 rings (SSSR count). The summed E-state index contributed by atoms with van der Waals surface area (Å²) in [6.07, 6.45) is 7.98. The lowest BCUT2D eigenvalue weighted by Crippen LogP contribution is -2.63. The first-order valence-electron chi connectivity index (χ1n) is 7.91. The lowest BCUT2D eigenvalue weighted by molar-refractivity contribution is -0.975. The molecule has 0 amide bonds. The molecule has 0 fully saturated rings. The molecule has 0 aliphatic rings. The summed E-state index contributed by atoms with van der Waals surface area (Å²) in [6, 6.07) is 0. The van der Waals surface area contributed by atoms with Crippen molar-refractivity contribution in [3.8, 4) is 0 Å². The van der Waals surface area contributed by atoms with Crippen molar-refractivity contribution in [2.45, 2.75) is 85.6 Å². The zero-order chi connectivity index (χ0) is 13.4. The van der Waals surface area contributed by atoms with Crippen LogP contribution in [0.3, 0.4) is 0 Å². The van der Waals surface area contributed by atoms with Gasteiger partial charge < -0.3 is 4.48 Å². The Morgan fingerprint density at radius 2 is 1.12 bits per heavy atom. The van der Waals surface area contributed by atoms with Gasteiger partial charge in [0.1, 0.15) is 0 Å². The molecular weight excluding hydrogens is 206 g/mol. The zero-order valence-corrected chi connectivity index (χ0v) is 13.3. The van der Waals surface area contributed by atoms with Gasteiger partial charge in [0.05, 0.1) is 25.2 Å². The van der Waals surface area contributed by atoms with Gasteiger partial charge in [0.2, 0.25) is 0 Å². The summed E-state index contributed by atoms with van der Waals surface area (Å²) in [5.41, 5.74) is 0.497. The Bertz CT molecular complexity index is 171. The monoisotopic (exact) mass is 242 g/mol. The van der Waals surface area contributed by atoms with Crippen LogP contribution in [0.25, 0.3) is 0 Å². The van der Waals surface area contributed by atoms with Gasteiger partial charge >= 0.3 is 0 Å². The standard InChI is InChI=1S/C16H36N/c1-7-12-16(6,11-5)17(13-8-2,14-9-3)15-10-4/h7-15H2,1-6H3/q+1. The van der Waals surface area contributed by atoms with Crippen molar-refractivity contribution in [2.24, 2.45) is 0 Å². The van der Waals surface area contributed by atoms with E-state index >= 15 is 0 Å². The number of quaternary nitrogens is 1. The Labute approximate surface area is 110 Å². The van der Waals surface area contributed by atoms with Crippen LogP contribution in [0, 0.1) is 0 Å². The van der Waals surface area contributed by atoms with Crippen LogP contribution in [-0.4, -0.2) is 29.7 Å². The average Bonchev–Trinajstić information content (AvgIpc) is 2.30. The summed E-state index contributed by atoms with van der Waals surface area (Å²) < 4.78 is 1.36. The fourth-order valence-corrected chi connectivity index (χ4v) is 3.72. The Hall–Kier alpha value is -0.0400. The summed E-state index contributed by atoms with van der Waals surface area (Å²) in [7, 11) is 0. The summed E-state index contributed by atoms with van der Waals surface area (Å²) in [4.78, 5) is 0. The SMILES string of the molecule is CCCC(C)(CC)[N+](CCC)(CCC)CCC. The van der Waals surface area contributed by atoms with E-state index in [-0.39, 0.29) is 0 Å². The molecule has 0 saturated carbocycles. The minimum absolute atomic E-state index is 0.497. The summed E-state index contributed by atoms with van der Waals surface area (Å²) in [5.74, 6) is 0. The highest BCUT2D eigenvalue weighted by atomic mass is 15.4. The zero-order valence-electron chi connectivity index (χ0n) is 13.3. The average molecular weight is 242 g/mol. The molecule has 1 nitrogen and oxygen atoms in total. The van der Waals surface area contributed by atoms with Crippen LogP contribution in [-0.2, 0) is 0 Å². The number of hydrogen-bond donors (Lipinski definition) is 0. The third-order valence-corrected chi connectivity index (χ3v) is 4.65. The first-order chi connectivity index (χ1) is 8.05. The topological polar surface area (TPSA) is 0 Å². The smallest absolute Gasteiger partial charge is 0.0961 e. The molecule has 0 aromatic carbocycles. The highest BCUT2D eigenvalue weighted by molar-refractivity contribution is 4.75. The van der Waals surface area contributed by atoms with Crippen molar-refractivity contribution in [3.63, 3.8) is 0 Å². The molecular formula is C16H36N+. The number of nitrogens with zero attached hydrogens (tertiary/aromatic N) is 1. The number of hydrogen-bond acceptors (Lipinski definition) is 0. The van der Waals surface area contributed by atoms with Crippen LogP contribution in [0.15, 0.2) is 0 Å². The van der Waals surface area contributed by atoms with E-state index in [2.05, 4.69) is 41.5 Å². The maximum absolute atomic E-state index is 2.54. The molecule has 104 valence electrons. The molecule has 1 atom stereocenters. The first-order valence-corrected chi connectivity index (χ1v) is 7.91. The normalized spacial score (nSPS) is 15.9. The van der Waals surface area contributed by atoms with E-state index in [1.807, 2.05) is 0 Å². The molecule has 0 radical (unpaired) electrons. The van der Waals surface area contributed by atoms with E-state index < -0.39 is 0 Å². The van der Waals surface area contributed by atoms with Gasteiger partial charge in [-0.25, -0.2) is 0 Å². The van der Waals surface area contributed by atoms with Crippen LogP contribution in [0.1, 0.15) is 80.1 Å². The van der Waals surface area contributed by atoms with E-state index in [1.165, 1.54) is 62.6 Å². The van der Waals surface area contributed by atoms with E-state index in [0.717, 1.165) is 0 Å². The minimum Gasteiger partial charge on any atom is -0.319 e. The van der Waals surface area contributed by atoms with Crippen LogP contribution in [0.4, 0.5) is 0 Å². The molecule has 0 aromatic rings. The van der Waals surface area contributed by atoms with Gasteiger partial charge in [-0.05, 0) is 32.6 Å². The minimum atomic E-state index is 0.497. The van der Waals surface area contributed by atoms with Crippen molar-refractivity contribution >= 4 is 0 Å². The van der Waals surface area contributed by atoms with Crippen molar-refractivity contribution in [2.75, 3.05) is 19.6 Å². The van der Waals surface area contributed by atoms with Crippen LogP contribution < -0.4 is 0 Å². The third-order valence-electron chi connectivity index (χ3n) is 4.65. The highest BCUT2D eigenvalue weighted by Gasteiger charge is 2.43. The molecule has 17 heavy (non-hydrogen) atoms. The Morgan fingerprint density at radius 3 is 1.35 bits per heavy atom. The van der Waals surface area contributed by atoms with E-state index in [9.17, 15) is 0 Å². The molecule has 0 N–H and O–H groups in total.